The van der Waals surface area contributed by atoms with Gasteiger partial charge in [-0.1, -0.05) is 30.3 Å². The number of benzene rings is 2. The number of hydrogen-bond donors (Lipinski definition) is 1. The Balaban J connectivity index is 1.74. The van der Waals surface area contributed by atoms with E-state index in [0.717, 1.165) is 10.8 Å². The fourth-order valence-corrected chi connectivity index (χ4v) is 4.85. The molecule has 7 heteroatoms. The minimum atomic E-state index is -3.53. The van der Waals surface area contributed by atoms with Crippen molar-refractivity contribution in [1.82, 2.24) is 9.21 Å². The maximum absolute atomic E-state index is 12.9. The van der Waals surface area contributed by atoms with E-state index >= 15 is 0 Å². The normalized spacial score (nSPS) is 17.2. The highest BCUT2D eigenvalue weighted by Crippen LogP contribution is 2.25. The molecule has 0 bridgehead atoms. The van der Waals surface area contributed by atoms with Crippen LogP contribution in [0.5, 0.6) is 0 Å². The zero-order valence-corrected chi connectivity index (χ0v) is 14.9. The minimum Gasteiger partial charge on any atom is -0.480 e. The van der Waals surface area contributed by atoms with E-state index in [0.29, 0.717) is 30.8 Å². The minimum absolute atomic E-state index is 0.0257. The van der Waals surface area contributed by atoms with Gasteiger partial charge in [-0.05, 0) is 42.8 Å². The van der Waals surface area contributed by atoms with Crippen molar-refractivity contribution in [2.45, 2.75) is 23.8 Å². The van der Waals surface area contributed by atoms with Gasteiger partial charge < -0.3 is 5.11 Å². The van der Waals surface area contributed by atoms with Gasteiger partial charge in [0.15, 0.2) is 0 Å². The number of nitrogens with zero attached hydrogens (tertiary/aromatic N) is 2. The Morgan fingerprint density at radius 1 is 1.16 bits per heavy atom. The Morgan fingerprint density at radius 3 is 2.44 bits per heavy atom. The molecule has 134 valence electrons. The molecule has 25 heavy (non-hydrogen) atoms. The number of piperidine rings is 1. The quantitative estimate of drug-likeness (QED) is 0.880. The second-order valence-corrected chi connectivity index (χ2v) is 8.39. The van der Waals surface area contributed by atoms with Crippen LogP contribution < -0.4 is 0 Å². The second kappa shape index (κ2) is 7.11. The zero-order valence-electron chi connectivity index (χ0n) is 14.1. The number of sulfonamides is 1. The molecule has 1 aliphatic heterocycles. The van der Waals surface area contributed by atoms with Crippen LogP contribution in [0.25, 0.3) is 10.8 Å². The van der Waals surface area contributed by atoms with Crippen molar-refractivity contribution in [2.75, 3.05) is 26.7 Å². The molecule has 0 saturated carbocycles. The zero-order chi connectivity index (χ0) is 18.0. The molecule has 0 amide bonds. The maximum atomic E-state index is 12.9. The monoisotopic (exact) mass is 362 g/mol. The molecule has 0 spiro atoms. The van der Waals surface area contributed by atoms with E-state index in [4.69, 9.17) is 5.11 Å². The van der Waals surface area contributed by atoms with Gasteiger partial charge in [0.05, 0.1) is 11.4 Å². The summed E-state index contributed by atoms with van der Waals surface area (Å²) < 4.78 is 27.3. The standard InChI is InChI=1S/C18H22N2O4S/c1-19(13-18(21)22)16-8-10-20(11-9-16)25(23,24)17-7-6-14-4-2-3-5-15(14)12-17/h2-7,12,16H,8-11,13H2,1H3,(H,21,22). The molecule has 3 rings (SSSR count). The van der Waals surface area contributed by atoms with E-state index in [1.165, 1.54) is 4.31 Å². The Morgan fingerprint density at radius 2 is 1.80 bits per heavy atom. The highest BCUT2D eigenvalue weighted by molar-refractivity contribution is 7.89. The molecule has 2 aromatic rings. The van der Waals surface area contributed by atoms with Gasteiger partial charge in [-0.15, -0.1) is 0 Å². The maximum Gasteiger partial charge on any atom is 0.317 e. The van der Waals surface area contributed by atoms with Gasteiger partial charge in [0.25, 0.3) is 0 Å². The molecular formula is C18H22N2O4S. The number of aliphatic carboxylic acids is 1. The molecule has 1 fully saturated rings. The number of fused-ring (bicyclic) bond motifs is 1. The average molecular weight is 362 g/mol. The van der Waals surface area contributed by atoms with Crippen LogP contribution >= 0.6 is 0 Å². The van der Waals surface area contributed by atoms with Crippen LogP contribution in [0.15, 0.2) is 47.4 Å². The first-order chi connectivity index (χ1) is 11.9. The van der Waals surface area contributed by atoms with Crippen LogP contribution in [0.4, 0.5) is 0 Å². The van der Waals surface area contributed by atoms with Crippen LogP contribution in [0, 0.1) is 0 Å². The molecule has 0 atom stereocenters. The highest BCUT2D eigenvalue weighted by atomic mass is 32.2. The van der Waals surface area contributed by atoms with Gasteiger partial charge in [-0.2, -0.15) is 4.31 Å². The topological polar surface area (TPSA) is 77.9 Å². The van der Waals surface area contributed by atoms with Crippen molar-refractivity contribution in [3.8, 4) is 0 Å². The summed E-state index contributed by atoms with van der Waals surface area (Å²) in [5, 5.41) is 10.8. The lowest BCUT2D eigenvalue weighted by atomic mass is 10.1. The van der Waals surface area contributed by atoms with Gasteiger partial charge in [0, 0.05) is 19.1 Å². The SMILES string of the molecule is CN(CC(=O)O)C1CCN(S(=O)(=O)c2ccc3ccccc3c2)CC1. The summed E-state index contributed by atoms with van der Waals surface area (Å²) in [5.41, 5.74) is 0. The fraction of sp³-hybridized carbons (Fsp3) is 0.389. The third-order valence-electron chi connectivity index (χ3n) is 4.79. The van der Waals surface area contributed by atoms with Gasteiger partial charge in [0.2, 0.25) is 10.0 Å². The van der Waals surface area contributed by atoms with Crippen LogP contribution in [-0.2, 0) is 14.8 Å². The Labute approximate surface area is 147 Å². The van der Waals surface area contributed by atoms with Crippen molar-refractivity contribution < 1.29 is 18.3 Å². The molecule has 1 saturated heterocycles. The van der Waals surface area contributed by atoms with E-state index in [9.17, 15) is 13.2 Å². The molecule has 1 heterocycles. The lowest BCUT2D eigenvalue weighted by Gasteiger charge is -2.35. The summed E-state index contributed by atoms with van der Waals surface area (Å²) >= 11 is 0. The van der Waals surface area contributed by atoms with Crippen LogP contribution in [0.3, 0.4) is 0 Å². The molecular weight excluding hydrogens is 340 g/mol. The first-order valence-corrected chi connectivity index (χ1v) is 9.73. The van der Waals surface area contributed by atoms with Crippen molar-refractivity contribution >= 4 is 26.8 Å². The van der Waals surface area contributed by atoms with E-state index in [2.05, 4.69) is 0 Å². The van der Waals surface area contributed by atoms with Gasteiger partial charge >= 0.3 is 5.97 Å². The fourth-order valence-electron chi connectivity index (χ4n) is 3.34. The first kappa shape index (κ1) is 17.8. The average Bonchev–Trinajstić information content (AvgIpc) is 2.61. The number of likely N-dealkylation sites (N-methyl/N-ethyl adjacent to an activating group) is 1. The van der Waals surface area contributed by atoms with E-state index < -0.39 is 16.0 Å². The van der Waals surface area contributed by atoms with Crippen LogP contribution in [-0.4, -0.2) is 61.4 Å². The van der Waals surface area contributed by atoms with Gasteiger partial charge in [-0.25, -0.2) is 8.42 Å². The number of carbonyl (C=O) groups is 1. The molecule has 1 N–H and O–H groups in total. The van der Waals surface area contributed by atoms with Gasteiger partial charge in [0.1, 0.15) is 0 Å². The number of carboxylic acids is 1. The van der Waals surface area contributed by atoms with E-state index in [-0.39, 0.29) is 12.6 Å². The lowest BCUT2D eigenvalue weighted by molar-refractivity contribution is -0.138. The number of rotatable bonds is 5. The molecule has 0 aromatic heterocycles. The molecule has 2 aromatic carbocycles. The molecule has 6 nitrogen and oxygen atoms in total. The number of hydrogen-bond acceptors (Lipinski definition) is 4. The molecule has 0 radical (unpaired) electrons. The summed E-state index contributed by atoms with van der Waals surface area (Å²) in [6.07, 6.45) is 1.27. The molecule has 1 aliphatic rings. The van der Waals surface area contributed by atoms with Crippen molar-refractivity contribution in [3.63, 3.8) is 0 Å². The highest BCUT2D eigenvalue weighted by Gasteiger charge is 2.31. The summed E-state index contributed by atoms with van der Waals surface area (Å²) in [6.45, 7) is 0.787. The van der Waals surface area contributed by atoms with Crippen molar-refractivity contribution in [2.24, 2.45) is 0 Å². The molecule has 0 aliphatic carbocycles. The first-order valence-electron chi connectivity index (χ1n) is 8.29. The predicted molar refractivity (Wildman–Crippen MR) is 96.0 cm³/mol. The Bertz CT molecular complexity index is 874. The second-order valence-electron chi connectivity index (χ2n) is 6.45. The summed E-state index contributed by atoms with van der Waals surface area (Å²) in [7, 11) is -1.76. The summed E-state index contributed by atoms with van der Waals surface area (Å²) in [6, 6.07) is 13.0. The number of carboxylic acid groups (broad SMARTS) is 1. The van der Waals surface area contributed by atoms with E-state index in [1.54, 1.807) is 24.1 Å². The van der Waals surface area contributed by atoms with Crippen LogP contribution in [0.2, 0.25) is 0 Å². The third-order valence-corrected chi connectivity index (χ3v) is 6.68. The Hall–Kier alpha value is -1.96. The smallest absolute Gasteiger partial charge is 0.317 e. The third kappa shape index (κ3) is 3.84. The van der Waals surface area contributed by atoms with Crippen LogP contribution in [0.1, 0.15) is 12.8 Å². The summed E-state index contributed by atoms with van der Waals surface area (Å²) in [4.78, 5) is 12.9. The molecule has 0 unspecified atom stereocenters. The largest absolute Gasteiger partial charge is 0.480 e. The lowest BCUT2D eigenvalue weighted by Crippen LogP contribution is -2.46. The van der Waals surface area contributed by atoms with E-state index in [1.807, 2.05) is 30.3 Å². The predicted octanol–water partition coefficient (Wildman–Crippen LogP) is 2.01. The van der Waals surface area contributed by atoms with Crippen molar-refractivity contribution in [3.05, 3.63) is 42.5 Å². The summed E-state index contributed by atoms with van der Waals surface area (Å²) in [5.74, 6) is -0.867. The Kier molecular flexibility index (Phi) is 5.08. The van der Waals surface area contributed by atoms with Crippen molar-refractivity contribution in [1.29, 1.82) is 0 Å². The van der Waals surface area contributed by atoms with Gasteiger partial charge in [-0.3, -0.25) is 9.69 Å².